The fourth-order valence-electron chi connectivity index (χ4n) is 3.92. The van der Waals surface area contributed by atoms with Crippen molar-refractivity contribution in [3.05, 3.63) is 114 Å². The number of nitrogens with zero attached hydrogens (tertiary/aromatic N) is 3. The van der Waals surface area contributed by atoms with Gasteiger partial charge in [-0.05, 0) is 53.6 Å². The molecule has 0 spiro atoms. The summed E-state index contributed by atoms with van der Waals surface area (Å²) in [7, 11) is 0. The minimum atomic E-state index is -0.229. The van der Waals surface area contributed by atoms with Gasteiger partial charge >= 0.3 is 0 Å². The van der Waals surface area contributed by atoms with Crippen LogP contribution in [-0.4, -0.2) is 32.0 Å². The number of hydrogen-bond acceptors (Lipinski definition) is 4. The molecular formula is C26H22N4O2S. The van der Waals surface area contributed by atoms with E-state index in [9.17, 15) is 9.59 Å². The lowest BCUT2D eigenvalue weighted by Gasteiger charge is -2.25. The Morgan fingerprint density at radius 1 is 0.939 bits per heavy atom. The molecule has 2 aromatic carbocycles. The molecule has 1 atom stereocenters. The first-order valence-corrected chi connectivity index (χ1v) is 11.7. The highest BCUT2D eigenvalue weighted by Gasteiger charge is 2.37. The second-order valence-corrected chi connectivity index (χ2v) is 8.77. The van der Waals surface area contributed by atoms with E-state index in [0.29, 0.717) is 17.9 Å². The van der Waals surface area contributed by atoms with Crippen molar-refractivity contribution in [3.8, 4) is 5.69 Å². The lowest BCUT2D eigenvalue weighted by atomic mass is 10.1. The standard InChI is InChI=1S/C26H22N4O2S/c31-24(28-23-9-3-4-14-27-23)18-33-26-22-8-2-1-7-21(22)25(32)30(26)17-19-10-12-20(13-11-19)29-15-5-6-16-29/h1-16,26H,17-18H2,(H,27,28,31). The quantitative estimate of drug-likeness (QED) is 0.431. The van der Waals surface area contributed by atoms with Crippen LogP contribution in [0.2, 0.25) is 0 Å². The topological polar surface area (TPSA) is 67.2 Å². The normalized spacial score (nSPS) is 14.8. The van der Waals surface area contributed by atoms with E-state index in [1.807, 2.05) is 88.6 Å². The van der Waals surface area contributed by atoms with Crippen LogP contribution < -0.4 is 5.32 Å². The van der Waals surface area contributed by atoms with Gasteiger partial charge in [0, 0.05) is 36.4 Å². The fraction of sp³-hybridized carbons (Fsp3) is 0.115. The van der Waals surface area contributed by atoms with Gasteiger partial charge in [0.25, 0.3) is 5.91 Å². The Balaban J connectivity index is 1.32. The predicted molar refractivity (Wildman–Crippen MR) is 130 cm³/mol. The van der Waals surface area contributed by atoms with E-state index in [0.717, 1.165) is 16.8 Å². The third kappa shape index (κ3) is 4.54. The third-order valence-corrected chi connectivity index (χ3v) is 6.75. The molecule has 0 saturated heterocycles. The summed E-state index contributed by atoms with van der Waals surface area (Å²) in [6.07, 6.45) is 5.63. The summed E-state index contributed by atoms with van der Waals surface area (Å²) in [4.78, 5) is 31.7. The molecule has 0 radical (unpaired) electrons. The molecule has 1 N–H and O–H groups in total. The van der Waals surface area contributed by atoms with Gasteiger partial charge in [0.15, 0.2) is 0 Å². The van der Waals surface area contributed by atoms with Gasteiger partial charge in [-0.2, -0.15) is 0 Å². The molecule has 0 bridgehead atoms. The second kappa shape index (κ2) is 9.34. The van der Waals surface area contributed by atoms with Crippen LogP contribution in [0.25, 0.3) is 5.69 Å². The number of hydrogen-bond donors (Lipinski definition) is 1. The maximum Gasteiger partial charge on any atom is 0.255 e. The molecule has 7 heteroatoms. The van der Waals surface area contributed by atoms with Crippen molar-refractivity contribution in [2.45, 2.75) is 11.9 Å². The molecule has 4 aromatic rings. The van der Waals surface area contributed by atoms with Crippen molar-refractivity contribution in [2.24, 2.45) is 0 Å². The van der Waals surface area contributed by atoms with Crippen molar-refractivity contribution in [3.63, 3.8) is 0 Å². The first-order chi connectivity index (χ1) is 16.2. The number of carbonyl (C=O) groups excluding carboxylic acids is 2. The Kier molecular flexibility index (Phi) is 5.95. The number of anilines is 1. The van der Waals surface area contributed by atoms with Crippen LogP contribution in [0.3, 0.4) is 0 Å². The molecule has 0 aliphatic carbocycles. The summed E-state index contributed by atoms with van der Waals surface area (Å²) in [5.41, 5.74) is 3.75. The molecular weight excluding hydrogens is 432 g/mol. The summed E-state index contributed by atoms with van der Waals surface area (Å²) in [5.74, 6) is 0.575. The lowest BCUT2D eigenvalue weighted by Crippen LogP contribution is -2.27. The van der Waals surface area contributed by atoms with Crippen LogP contribution in [0.15, 0.2) is 97.5 Å². The first kappa shape index (κ1) is 21.0. The Hall–Kier alpha value is -3.84. The SMILES string of the molecule is O=C(CSC1c2ccccc2C(=O)N1Cc1ccc(-n2cccc2)cc1)Nc1ccccn1. The number of carbonyl (C=O) groups is 2. The molecule has 2 aromatic heterocycles. The number of rotatable bonds is 7. The lowest BCUT2D eigenvalue weighted by molar-refractivity contribution is -0.113. The van der Waals surface area contributed by atoms with Crippen LogP contribution >= 0.6 is 11.8 Å². The fourth-order valence-corrected chi connectivity index (χ4v) is 5.03. The highest BCUT2D eigenvalue weighted by molar-refractivity contribution is 8.00. The zero-order valence-electron chi connectivity index (χ0n) is 17.8. The maximum atomic E-state index is 13.2. The van der Waals surface area contributed by atoms with Gasteiger partial charge in [-0.1, -0.05) is 36.4 Å². The molecule has 5 rings (SSSR count). The summed E-state index contributed by atoms with van der Waals surface area (Å²) in [6, 6.07) is 25.2. The molecule has 1 aliphatic rings. The van der Waals surface area contributed by atoms with Crippen LogP contribution in [0.5, 0.6) is 0 Å². The average molecular weight is 455 g/mol. The molecule has 164 valence electrons. The number of nitrogens with one attached hydrogen (secondary N) is 1. The van der Waals surface area contributed by atoms with Gasteiger partial charge in [0.1, 0.15) is 11.2 Å². The maximum absolute atomic E-state index is 13.2. The van der Waals surface area contributed by atoms with E-state index >= 15 is 0 Å². The predicted octanol–water partition coefficient (Wildman–Crippen LogP) is 4.90. The van der Waals surface area contributed by atoms with Gasteiger partial charge < -0.3 is 14.8 Å². The summed E-state index contributed by atoms with van der Waals surface area (Å²) in [5, 5.41) is 2.58. The number of fused-ring (bicyclic) bond motifs is 1. The minimum absolute atomic E-state index is 0.0114. The summed E-state index contributed by atoms with van der Waals surface area (Å²) < 4.78 is 2.04. The van der Waals surface area contributed by atoms with Gasteiger partial charge in [-0.15, -0.1) is 11.8 Å². The smallest absolute Gasteiger partial charge is 0.255 e. The summed E-state index contributed by atoms with van der Waals surface area (Å²) in [6.45, 7) is 0.471. The van der Waals surface area contributed by atoms with Crippen LogP contribution in [0, 0.1) is 0 Å². The Labute approximate surface area is 196 Å². The number of aromatic nitrogens is 2. The minimum Gasteiger partial charge on any atom is -0.324 e. The molecule has 0 fully saturated rings. The molecule has 1 aliphatic heterocycles. The molecule has 1 unspecified atom stereocenters. The zero-order chi connectivity index (χ0) is 22.6. The number of benzene rings is 2. The Bertz CT molecular complexity index is 1260. The average Bonchev–Trinajstić information content (AvgIpc) is 3.47. The summed E-state index contributed by atoms with van der Waals surface area (Å²) >= 11 is 1.45. The van der Waals surface area contributed by atoms with Gasteiger partial charge in [0.05, 0.1) is 5.75 Å². The van der Waals surface area contributed by atoms with Crippen molar-refractivity contribution >= 4 is 29.4 Å². The number of thioether (sulfide) groups is 1. The van der Waals surface area contributed by atoms with E-state index < -0.39 is 0 Å². The molecule has 33 heavy (non-hydrogen) atoms. The highest BCUT2D eigenvalue weighted by Crippen LogP contribution is 2.42. The van der Waals surface area contributed by atoms with Crippen LogP contribution in [0.1, 0.15) is 26.9 Å². The largest absolute Gasteiger partial charge is 0.324 e. The van der Waals surface area contributed by atoms with E-state index in [1.165, 1.54) is 11.8 Å². The van der Waals surface area contributed by atoms with Crippen LogP contribution in [-0.2, 0) is 11.3 Å². The van der Waals surface area contributed by atoms with Gasteiger partial charge in [0.2, 0.25) is 5.91 Å². The second-order valence-electron chi connectivity index (χ2n) is 7.70. The Morgan fingerprint density at radius 2 is 1.70 bits per heavy atom. The molecule has 0 saturated carbocycles. The number of pyridine rings is 1. The highest BCUT2D eigenvalue weighted by atomic mass is 32.2. The monoisotopic (exact) mass is 454 g/mol. The van der Waals surface area contributed by atoms with Gasteiger partial charge in [-0.25, -0.2) is 4.98 Å². The van der Waals surface area contributed by atoms with Crippen molar-refractivity contribution in [1.29, 1.82) is 0 Å². The van der Waals surface area contributed by atoms with E-state index in [-0.39, 0.29) is 22.9 Å². The van der Waals surface area contributed by atoms with Crippen LogP contribution in [0.4, 0.5) is 5.82 Å². The third-order valence-electron chi connectivity index (χ3n) is 5.50. The zero-order valence-corrected chi connectivity index (χ0v) is 18.6. The first-order valence-electron chi connectivity index (χ1n) is 10.6. The van der Waals surface area contributed by atoms with Crippen molar-refractivity contribution < 1.29 is 9.59 Å². The Morgan fingerprint density at radius 3 is 2.45 bits per heavy atom. The molecule has 6 nitrogen and oxygen atoms in total. The van der Waals surface area contributed by atoms with E-state index in [2.05, 4.69) is 10.3 Å². The number of amides is 2. The van der Waals surface area contributed by atoms with E-state index in [4.69, 9.17) is 0 Å². The molecule has 2 amide bonds. The van der Waals surface area contributed by atoms with Crippen molar-refractivity contribution in [1.82, 2.24) is 14.5 Å². The van der Waals surface area contributed by atoms with E-state index in [1.54, 1.807) is 18.3 Å². The van der Waals surface area contributed by atoms with Gasteiger partial charge in [-0.3, -0.25) is 9.59 Å². The molecule has 3 heterocycles. The van der Waals surface area contributed by atoms with Crippen molar-refractivity contribution in [2.75, 3.05) is 11.1 Å².